The second-order valence-corrected chi connectivity index (χ2v) is 7.80. The van der Waals surface area contributed by atoms with Gasteiger partial charge in [-0.2, -0.15) is 0 Å². The van der Waals surface area contributed by atoms with Gasteiger partial charge in [-0.1, -0.05) is 36.4 Å². The highest BCUT2D eigenvalue weighted by Gasteiger charge is 2.29. The normalized spacial score (nSPS) is 15.5. The number of para-hydroxylation sites is 2. The van der Waals surface area contributed by atoms with Crippen molar-refractivity contribution in [1.29, 1.82) is 0 Å². The average molecular weight is 404 g/mol. The van der Waals surface area contributed by atoms with Crippen molar-refractivity contribution in [3.63, 3.8) is 0 Å². The van der Waals surface area contributed by atoms with Crippen molar-refractivity contribution < 1.29 is 9.59 Å². The molecule has 1 aromatic heterocycles. The fraction of sp³-hybridized carbons (Fsp3) is 0.174. The Bertz CT molecular complexity index is 1070. The molecule has 0 N–H and O–H groups in total. The van der Waals surface area contributed by atoms with Gasteiger partial charge >= 0.3 is 0 Å². The van der Waals surface area contributed by atoms with Gasteiger partial charge < -0.3 is 4.90 Å². The number of carbonyl (C=O) groups excluding carboxylic acids is 2. The van der Waals surface area contributed by atoms with Crippen molar-refractivity contribution in [3.05, 3.63) is 77.3 Å². The van der Waals surface area contributed by atoms with Crippen molar-refractivity contribution in [3.8, 4) is 0 Å². The van der Waals surface area contributed by atoms with Crippen LogP contribution in [-0.4, -0.2) is 22.8 Å². The Hall–Kier alpha value is -3.25. The topological polar surface area (TPSA) is 53.5 Å². The maximum absolute atomic E-state index is 12.8. The highest BCUT2D eigenvalue weighted by molar-refractivity contribution is 7.14. The van der Waals surface area contributed by atoms with Crippen LogP contribution in [0.25, 0.3) is 6.08 Å². The molecule has 0 fully saturated rings. The van der Waals surface area contributed by atoms with Crippen LogP contribution in [0.1, 0.15) is 25.1 Å². The molecule has 1 atom stereocenters. The Labute approximate surface area is 173 Å². The first-order valence-corrected chi connectivity index (χ1v) is 10.3. The molecule has 0 saturated carbocycles. The predicted octanol–water partition coefficient (Wildman–Crippen LogP) is 4.82. The minimum atomic E-state index is -0.111. The van der Waals surface area contributed by atoms with Crippen molar-refractivity contribution in [2.24, 2.45) is 0 Å². The third-order valence-electron chi connectivity index (χ3n) is 4.87. The van der Waals surface area contributed by atoms with Crippen LogP contribution in [-0.2, 0) is 16.0 Å². The molecule has 4 rings (SSSR count). The van der Waals surface area contributed by atoms with Crippen LogP contribution in [0, 0.1) is 0 Å². The number of aromatic nitrogens is 1. The number of thiazole rings is 1. The van der Waals surface area contributed by atoms with E-state index < -0.39 is 0 Å². The van der Waals surface area contributed by atoms with Crippen LogP contribution in [0.4, 0.5) is 16.5 Å². The monoisotopic (exact) mass is 403 g/mol. The van der Waals surface area contributed by atoms with Crippen LogP contribution in [0.2, 0.25) is 0 Å². The first kappa shape index (κ1) is 19.1. The molecule has 5 nitrogen and oxygen atoms in total. The third kappa shape index (κ3) is 3.84. The highest BCUT2D eigenvalue weighted by atomic mass is 32.1. The van der Waals surface area contributed by atoms with Gasteiger partial charge in [-0.15, -0.1) is 11.3 Å². The van der Waals surface area contributed by atoms with Gasteiger partial charge in [0.25, 0.3) is 5.91 Å². The molecule has 0 unspecified atom stereocenters. The van der Waals surface area contributed by atoms with Crippen LogP contribution in [0.3, 0.4) is 0 Å². The predicted molar refractivity (Wildman–Crippen MR) is 118 cm³/mol. The molecule has 6 heteroatoms. The van der Waals surface area contributed by atoms with E-state index in [1.54, 1.807) is 17.1 Å². The van der Waals surface area contributed by atoms with E-state index in [-0.39, 0.29) is 17.9 Å². The molecule has 0 aliphatic carbocycles. The molecule has 0 saturated heterocycles. The summed E-state index contributed by atoms with van der Waals surface area (Å²) in [6.07, 6.45) is 4.12. The van der Waals surface area contributed by atoms with Crippen LogP contribution in [0.5, 0.6) is 0 Å². The zero-order valence-corrected chi connectivity index (χ0v) is 17.1. The molecular formula is C23H21N3O2S. The summed E-state index contributed by atoms with van der Waals surface area (Å²) in [5.74, 6) is -0.178. The van der Waals surface area contributed by atoms with Gasteiger partial charge in [0.2, 0.25) is 5.91 Å². The number of hydrogen-bond donors (Lipinski definition) is 0. The quantitative estimate of drug-likeness (QED) is 0.587. The lowest BCUT2D eigenvalue weighted by atomic mass is 10.1. The summed E-state index contributed by atoms with van der Waals surface area (Å²) >= 11 is 1.37. The van der Waals surface area contributed by atoms with E-state index in [0.717, 1.165) is 17.8 Å². The van der Waals surface area contributed by atoms with Crippen molar-refractivity contribution in [2.45, 2.75) is 26.3 Å². The Morgan fingerprint density at radius 3 is 2.62 bits per heavy atom. The molecule has 1 aliphatic rings. The van der Waals surface area contributed by atoms with Crippen LogP contribution in [0.15, 0.2) is 66.1 Å². The average Bonchev–Trinajstić information content (AvgIpc) is 3.30. The Morgan fingerprint density at radius 2 is 1.86 bits per heavy atom. The van der Waals surface area contributed by atoms with Crippen LogP contribution >= 0.6 is 11.3 Å². The largest absolute Gasteiger partial charge is 0.305 e. The second kappa shape index (κ2) is 8.01. The number of hydrogen-bond acceptors (Lipinski definition) is 4. The van der Waals surface area contributed by atoms with Gasteiger partial charge in [-0.3, -0.25) is 14.5 Å². The summed E-state index contributed by atoms with van der Waals surface area (Å²) in [5.41, 5.74) is 3.59. The number of anilines is 3. The molecule has 0 radical (unpaired) electrons. The number of fused-ring (bicyclic) bond motifs is 1. The lowest BCUT2D eigenvalue weighted by Crippen LogP contribution is -2.34. The van der Waals surface area contributed by atoms with Gasteiger partial charge in [0, 0.05) is 30.1 Å². The summed E-state index contributed by atoms with van der Waals surface area (Å²) in [6, 6.07) is 17.5. The fourth-order valence-electron chi connectivity index (χ4n) is 3.60. The van der Waals surface area contributed by atoms with Gasteiger partial charge in [0.05, 0.1) is 11.4 Å². The van der Waals surface area contributed by atoms with Gasteiger partial charge in [-0.05, 0) is 43.2 Å². The minimum absolute atomic E-state index is 0.0662. The van der Waals surface area contributed by atoms with Crippen molar-refractivity contribution in [1.82, 2.24) is 4.98 Å². The van der Waals surface area contributed by atoms with Gasteiger partial charge in [0.15, 0.2) is 5.13 Å². The number of benzene rings is 2. The standard InChI is InChI=1S/C23H21N3O2S/c1-16-14-18-8-6-7-11-21(18)25(16)22(28)13-12-19-15-29-23(24-19)26(17(2)27)20-9-4-3-5-10-20/h3-13,15-16H,14H2,1-2H3/b13-12-/t16-/m0/s1. The lowest BCUT2D eigenvalue weighted by Gasteiger charge is -2.20. The molecule has 2 amide bonds. The van der Waals surface area contributed by atoms with Gasteiger partial charge in [-0.25, -0.2) is 4.98 Å². The lowest BCUT2D eigenvalue weighted by molar-refractivity contribution is -0.116. The highest BCUT2D eigenvalue weighted by Crippen LogP contribution is 2.32. The number of carbonyl (C=O) groups is 2. The van der Waals surface area contributed by atoms with Crippen LogP contribution < -0.4 is 9.80 Å². The summed E-state index contributed by atoms with van der Waals surface area (Å²) in [6.45, 7) is 3.57. The molecule has 2 aromatic carbocycles. The molecule has 3 aromatic rings. The van der Waals surface area contributed by atoms with Crippen molar-refractivity contribution in [2.75, 3.05) is 9.80 Å². The molecule has 2 heterocycles. The summed E-state index contributed by atoms with van der Waals surface area (Å²) in [5, 5.41) is 2.43. The number of nitrogens with zero attached hydrogens (tertiary/aromatic N) is 3. The molecule has 0 bridgehead atoms. The maximum Gasteiger partial charge on any atom is 0.251 e. The van der Waals surface area contributed by atoms with Crippen molar-refractivity contribution >= 4 is 45.7 Å². The fourth-order valence-corrected chi connectivity index (χ4v) is 4.45. The third-order valence-corrected chi connectivity index (χ3v) is 5.72. The Balaban J connectivity index is 1.54. The number of amides is 2. The van der Waals surface area contributed by atoms with E-state index in [2.05, 4.69) is 18.0 Å². The Kier molecular flexibility index (Phi) is 5.27. The molecule has 1 aliphatic heterocycles. The minimum Gasteiger partial charge on any atom is -0.305 e. The van der Waals surface area contributed by atoms with E-state index in [9.17, 15) is 9.59 Å². The molecular weight excluding hydrogens is 382 g/mol. The summed E-state index contributed by atoms with van der Waals surface area (Å²) < 4.78 is 0. The van der Waals surface area contributed by atoms with E-state index in [0.29, 0.717) is 10.8 Å². The first-order chi connectivity index (χ1) is 14.0. The summed E-state index contributed by atoms with van der Waals surface area (Å²) in [4.78, 5) is 32.9. The van der Waals surface area contributed by atoms with Gasteiger partial charge in [0.1, 0.15) is 0 Å². The van der Waals surface area contributed by atoms with E-state index >= 15 is 0 Å². The molecule has 29 heavy (non-hydrogen) atoms. The first-order valence-electron chi connectivity index (χ1n) is 9.45. The molecule has 146 valence electrons. The van der Waals surface area contributed by atoms with E-state index in [1.807, 2.05) is 58.8 Å². The SMILES string of the molecule is CC(=O)N(c1ccccc1)c1nc(/C=C\C(=O)N2c3ccccc3C[C@@H]2C)cs1. The maximum atomic E-state index is 12.8. The van der Waals surface area contributed by atoms with E-state index in [1.165, 1.54) is 23.8 Å². The summed E-state index contributed by atoms with van der Waals surface area (Å²) in [7, 11) is 0. The smallest absolute Gasteiger partial charge is 0.251 e. The second-order valence-electron chi connectivity index (χ2n) is 6.97. The zero-order valence-electron chi connectivity index (χ0n) is 16.3. The number of rotatable bonds is 4. The van der Waals surface area contributed by atoms with E-state index in [4.69, 9.17) is 0 Å². The Morgan fingerprint density at radius 1 is 1.14 bits per heavy atom. The zero-order chi connectivity index (χ0) is 20.4. The molecule has 0 spiro atoms.